The van der Waals surface area contributed by atoms with Gasteiger partial charge in [-0.2, -0.15) is 0 Å². The van der Waals surface area contributed by atoms with Crippen LogP contribution in [0, 0.1) is 0 Å². The van der Waals surface area contributed by atoms with Gasteiger partial charge in [0.1, 0.15) is 0 Å². The quantitative estimate of drug-likeness (QED) is 0.819. The third-order valence-corrected chi connectivity index (χ3v) is 3.89. The number of benzene rings is 2. The van der Waals surface area contributed by atoms with Crippen molar-refractivity contribution < 1.29 is 4.79 Å². The molecule has 0 radical (unpaired) electrons. The van der Waals surface area contributed by atoms with E-state index in [0.717, 1.165) is 5.56 Å². The zero-order valence-electron chi connectivity index (χ0n) is 10.5. The lowest BCUT2D eigenvalue weighted by Crippen LogP contribution is -2.12. The lowest BCUT2D eigenvalue weighted by atomic mass is 10.1. The Morgan fingerprint density at radius 1 is 0.950 bits per heavy atom. The second kappa shape index (κ2) is 6.98. The number of rotatable bonds is 4. The number of halogens is 3. The molecule has 0 aliphatic heterocycles. The summed E-state index contributed by atoms with van der Waals surface area (Å²) >= 11 is 17.7. The Kier molecular flexibility index (Phi) is 5.30. The number of anilines is 1. The van der Waals surface area contributed by atoms with Gasteiger partial charge in [0.25, 0.3) is 0 Å². The highest BCUT2D eigenvalue weighted by Crippen LogP contribution is 2.25. The molecule has 0 saturated heterocycles. The Morgan fingerprint density at radius 3 is 2.40 bits per heavy atom. The van der Waals surface area contributed by atoms with Crippen LogP contribution < -0.4 is 5.32 Å². The fourth-order valence-electron chi connectivity index (χ4n) is 1.75. The summed E-state index contributed by atoms with van der Waals surface area (Å²) in [6, 6.07) is 12.5. The Balaban J connectivity index is 1.93. The van der Waals surface area contributed by atoms with Gasteiger partial charge in [0.15, 0.2) is 0 Å². The van der Waals surface area contributed by atoms with E-state index in [-0.39, 0.29) is 5.91 Å². The van der Waals surface area contributed by atoms with Gasteiger partial charge in [-0.25, -0.2) is 0 Å². The highest BCUT2D eigenvalue weighted by molar-refractivity contribution is 6.42. The van der Waals surface area contributed by atoms with E-state index < -0.39 is 0 Å². The van der Waals surface area contributed by atoms with Crippen molar-refractivity contribution in [3.63, 3.8) is 0 Å². The van der Waals surface area contributed by atoms with E-state index in [9.17, 15) is 4.79 Å². The molecule has 0 aromatic heterocycles. The maximum Gasteiger partial charge on any atom is 0.224 e. The molecule has 2 aromatic carbocycles. The number of carbonyl (C=O) groups excluding carboxylic acids is 1. The fourth-order valence-corrected chi connectivity index (χ4v) is 2.28. The lowest BCUT2D eigenvalue weighted by molar-refractivity contribution is -0.116. The smallest absolute Gasteiger partial charge is 0.224 e. The Bertz CT molecular complexity index is 628. The van der Waals surface area contributed by atoms with Gasteiger partial charge in [0.2, 0.25) is 5.91 Å². The van der Waals surface area contributed by atoms with E-state index in [2.05, 4.69) is 5.32 Å². The summed E-state index contributed by atoms with van der Waals surface area (Å²) in [4.78, 5) is 11.9. The molecule has 0 aliphatic rings. The summed E-state index contributed by atoms with van der Waals surface area (Å²) < 4.78 is 0. The summed E-state index contributed by atoms with van der Waals surface area (Å²) in [6.45, 7) is 0. The van der Waals surface area contributed by atoms with Crippen LogP contribution in [0.25, 0.3) is 0 Å². The maximum atomic E-state index is 11.9. The van der Waals surface area contributed by atoms with Crippen LogP contribution in [-0.2, 0) is 11.2 Å². The molecule has 2 aromatic rings. The van der Waals surface area contributed by atoms with Crippen LogP contribution in [0.5, 0.6) is 0 Å². The zero-order valence-corrected chi connectivity index (χ0v) is 12.8. The van der Waals surface area contributed by atoms with Crippen LogP contribution in [0.15, 0.2) is 42.5 Å². The largest absolute Gasteiger partial charge is 0.326 e. The van der Waals surface area contributed by atoms with Gasteiger partial charge < -0.3 is 5.32 Å². The molecule has 0 unspecified atom stereocenters. The molecule has 0 aliphatic carbocycles. The molecule has 0 fully saturated rings. The van der Waals surface area contributed by atoms with Crippen LogP contribution >= 0.6 is 34.8 Å². The molecule has 2 nitrogen and oxygen atoms in total. The first-order chi connectivity index (χ1) is 9.56. The second-order valence-electron chi connectivity index (χ2n) is 4.27. The third kappa shape index (κ3) is 4.14. The van der Waals surface area contributed by atoms with Gasteiger partial charge in [0.05, 0.1) is 10.0 Å². The van der Waals surface area contributed by atoms with Gasteiger partial charge in [-0.1, -0.05) is 53.0 Å². The number of hydrogen-bond acceptors (Lipinski definition) is 1. The third-order valence-electron chi connectivity index (χ3n) is 2.78. The fraction of sp³-hybridized carbons (Fsp3) is 0.133. The summed E-state index contributed by atoms with van der Waals surface area (Å²) in [5.41, 5.74) is 1.59. The molecule has 0 atom stereocenters. The summed E-state index contributed by atoms with van der Waals surface area (Å²) in [5.74, 6) is -0.0942. The van der Waals surface area contributed by atoms with Crippen molar-refractivity contribution in [1.29, 1.82) is 0 Å². The van der Waals surface area contributed by atoms with E-state index in [0.29, 0.717) is 33.6 Å². The molecule has 0 bridgehead atoms. The number of nitrogens with one attached hydrogen (secondary N) is 1. The molecular weight excluding hydrogens is 317 g/mol. The average Bonchev–Trinajstić information content (AvgIpc) is 2.42. The molecule has 1 N–H and O–H groups in total. The Morgan fingerprint density at radius 2 is 1.70 bits per heavy atom. The molecule has 1 amide bonds. The minimum atomic E-state index is -0.0942. The van der Waals surface area contributed by atoms with Crippen molar-refractivity contribution >= 4 is 46.4 Å². The predicted molar refractivity (Wildman–Crippen MR) is 84.9 cm³/mol. The molecule has 5 heteroatoms. The summed E-state index contributed by atoms with van der Waals surface area (Å²) in [6.07, 6.45) is 0.941. The minimum Gasteiger partial charge on any atom is -0.326 e. The van der Waals surface area contributed by atoms with Crippen LogP contribution in [0.1, 0.15) is 12.0 Å². The lowest BCUT2D eigenvalue weighted by Gasteiger charge is -2.07. The topological polar surface area (TPSA) is 29.1 Å². The standard InChI is InChI=1S/C15H12Cl3NO/c16-12-4-2-1-3-10(12)5-8-15(20)19-11-6-7-13(17)14(18)9-11/h1-4,6-7,9H,5,8H2,(H,19,20). The van der Waals surface area contributed by atoms with Crippen molar-refractivity contribution in [2.45, 2.75) is 12.8 Å². The monoisotopic (exact) mass is 327 g/mol. The van der Waals surface area contributed by atoms with Gasteiger partial charge >= 0.3 is 0 Å². The predicted octanol–water partition coefficient (Wildman–Crippen LogP) is 5.22. The van der Waals surface area contributed by atoms with Crippen molar-refractivity contribution in [3.05, 3.63) is 63.1 Å². The highest BCUT2D eigenvalue weighted by Gasteiger charge is 2.06. The van der Waals surface area contributed by atoms with Crippen molar-refractivity contribution in [2.24, 2.45) is 0 Å². The van der Waals surface area contributed by atoms with Crippen molar-refractivity contribution in [2.75, 3.05) is 5.32 Å². The number of aryl methyl sites for hydroxylation is 1. The molecule has 2 rings (SSSR count). The second-order valence-corrected chi connectivity index (χ2v) is 5.49. The first kappa shape index (κ1) is 15.2. The number of carbonyl (C=O) groups is 1. The number of amides is 1. The van der Waals surface area contributed by atoms with Gasteiger partial charge in [-0.3, -0.25) is 4.79 Å². The van der Waals surface area contributed by atoms with Crippen LogP contribution in [0.3, 0.4) is 0 Å². The number of hydrogen-bond donors (Lipinski definition) is 1. The van der Waals surface area contributed by atoms with Crippen molar-refractivity contribution in [3.8, 4) is 0 Å². The van der Waals surface area contributed by atoms with E-state index in [1.807, 2.05) is 24.3 Å². The van der Waals surface area contributed by atoms with Crippen LogP contribution in [0.2, 0.25) is 15.1 Å². The Hall–Kier alpha value is -1.22. The highest BCUT2D eigenvalue weighted by atomic mass is 35.5. The van der Waals surface area contributed by atoms with E-state index in [1.54, 1.807) is 18.2 Å². The van der Waals surface area contributed by atoms with E-state index in [4.69, 9.17) is 34.8 Å². The molecule has 0 saturated carbocycles. The normalized spacial score (nSPS) is 10.3. The summed E-state index contributed by atoms with van der Waals surface area (Å²) in [5, 5.41) is 4.32. The molecule has 20 heavy (non-hydrogen) atoms. The summed E-state index contributed by atoms with van der Waals surface area (Å²) in [7, 11) is 0. The van der Waals surface area contributed by atoms with Gasteiger partial charge in [-0.15, -0.1) is 0 Å². The maximum absolute atomic E-state index is 11.9. The zero-order chi connectivity index (χ0) is 14.5. The molecular formula is C15H12Cl3NO. The van der Waals surface area contributed by atoms with E-state index in [1.165, 1.54) is 0 Å². The SMILES string of the molecule is O=C(CCc1ccccc1Cl)Nc1ccc(Cl)c(Cl)c1. The first-order valence-electron chi connectivity index (χ1n) is 6.04. The van der Waals surface area contributed by atoms with Crippen LogP contribution in [-0.4, -0.2) is 5.91 Å². The average molecular weight is 329 g/mol. The van der Waals surface area contributed by atoms with Crippen molar-refractivity contribution in [1.82, 2.24) is 0 Å². The molecule has 0 spiro atoms. The van der Waals surface area contributed by atoms with E-state index >= 15 is 0 Å². The van der Waals surface area contributed by atoms with Crippen LogP contribution in [0.4, 0.5) is 5.69 Å². The van der Waals surface area contributed by atoms with Gasteiger partial charge in [0, 0.05) is 17.1 Å². The van der Waals surface area contributed by atoms with Gasteiger partial charge in [-0.05, 0) is 36.2 Å². The molecule has 104 valence electrons. The minimum absolute atomic E-state index is 0.0942. The Labute approximate surface area is 132 Å². The first-order valence-corrected chi connectivity index (χ1v) is 7.18. The molecule has 0 heterocycles.